The van der Waals surface area contributed by atoms with Crippen molar-refractivity contribution in [1.82, 2.24) is 29.4 Å². The van der Waals surface area contributed by atoms with Crippen molar-refractivity contribution in [3.05, 3.63) is 66.6 Å². The van der Waals surface area contributed by atoms with Crippen molar-refractivity contribution in [2.24, 2.45) is 0 Å². The van der Waals surface area contributed by atoms with E-state index >= 15 is 0 Å². The molecule has 7 nitrogen and oxygen atoms in total. The van der Waals surface area contributed by atoms with Crippen molar-refractivity contribution >= 4 is 16.7 Å². The smallest absolute Gasteiger partial charge is 0.175 e. The van der Waals surface area contributed by atoms with E-state index < -0.39 is 0 Å². The van der Waals surface area contributed by atoms with Crippen molar-refractivity contribution in [3.8, 4) is 22.8 Å². The molecule has 0 saturated heterocycles. The van der Waals surface area contributed by atoms with Crippen LogP contribution in [0.4, 0.5) is 0 Å². The number of fused-ring (bicyclic) bond motifs is 3. The highest BCUT2D eigenvalue weighted by Gasteiger charge is 2.15. The Kier molecular flexibility index (Phi) is 3.39. The monoisotopic (exact) mass is 356 g/mol. The second-order valence-electron chi connectivity index (χ2n) is 6.32. The maximum Gasteiger partial charge on any atom is 0.175 e. The van der Waals surface area contributed by atoms with Gasteiger partial charge in [-0.3, -0.25) is 4.40 Å². The summed E-state index contributed by atoms with van der Waals surface area (Å²) in [4.78, 5) is 4.62. The third kappa shape index (κ3) is 2.43. The zero-order valence-electron chi connectivity index (χ0n) is 14.9. The Balaban J connectivity index is 1.66. The average Bonchev–Trinajstić information content (AvgIpc) is 3.32. The van der Waals surface area contributed by atoms with Crippen LogP contribution in [0.1, 0.15) is 5.56 Å². The molecule has 0 atom stereocenters. The van der Waals surface area contributed by atoms with E-state index in [9.17, 15) is 0 Å². The number of methoxy groups -OCH3 is 1. The molecule has 0 radical (unpaired) electrons. The molecular weight excluding hydrogens is 340 g/mol. The minimum atomic E-state index is 0.726. The third-order valence-corrected chi connectivity index (χ3v) is 4.60. The lowest BCUT2D eigenvalue weighted by molar-refractivity contribution is 0.415. The molecule has 7 heteroatoms. The molecule has 0 aliphatic carbocycles. The largest absolute Gasteiger partial charge is 0.497 e. The molecule has 132 valence electrons. The van der Waals surface area contributed by atoms with Gasteiger partial charge in [-0.05, 0) is 43.3 Å². The number of nitrogens with zero attached hydrogens (tertiary/aromatic N) is 6. The van der Waals surface area contributed by atoms with Gasteiger partial charge < -0.3 is 4.74 Å². The number of hydrogen-bond acceptors (Lipinski definition) is 5. The molecule has 0 saturated carbocycles. The summed E-state index contributed by atoms with van der Waals surface area (Å²) in [6, 6.07) is 15.9. The average molecular weight is 356 g/mol. The molecule has 0 fully saturated rings. The molecular formula is C20H16N6O. The van der Waals surface area contributed by atoms with Crippen LogP contribution in [0.3, 0.4) is 0 Å². The highest BCUT2D eigenvalue weighted by Crippen LogP contribution is 2.25. The molecule has 0 bridgehead atoms. The van der Waals surface area contributed by atoms with Crippen molar-refractivity contribution in [3.63, 3.8) is 0 Å². The van der Waals surface area contributed by atoms with E-state index in [0.717, 1.165) is 39.5 Å². The number of hydrogen-bond donors (Lipinski definition) is 0. The van der Waals surface area contributed by atoms with E-state index in [-0.39, 0.29) is 0 Å². The van der Waals surface area contributed by atoms with Gasteiger partial charge in [-0.25, -0.2) is 9.67 Å². The first-order valence-electron chi connectivity index (χ1n) is 8.53. The first-order valence-corrected chi connectivity index (χ1v) is 8.53. The van der Waals surface area contributed by atoms with E-state index in [4.69, 9.17) is 4.74 Å². The van der Waals surface area contributed by atoms with E-state index in [1.165, 1.54) is 5.56 Å². The second-order valence-corrected chi connectivity index (χ2v) is 6.32. The van der Waals surface area contributed by atoms with Crippen LogP contribution in [0, 0.1) is 6.92 Å². The number of rotatable bonds is 3. The minimum Gasteiger partial charge on any atom is -0.497 e. The Labute approximate surface area is 154 Å². The van der Waals surface area contributed by atoms with Gasteiger partial charge in [0.05, 0.1) is 24.4 Å². The molecule has 0 unspecified atom stereocenters. The van der Waals surface area contributed by atoms with Crippen LogP contribution in [-0.4, -0.2) is 36.5 Å². The minimum absolute atomic E-state index is 0.726. The number of aromatic nitrogens is 6. The summed E-state index contributed by atoms with van der Waals surface area (Å²) >= 11 is 0. The lowest BCUT2D eigenvalue weighted by Gasteiger charge is -2.04. The van der Waals surface area contributed by atoms with Gasteiger partial charge in [-0.15, -0.1) is 10.2 Å². The Hall–Kier alpha value is -3.74. The first kappa shape index (κ1) is 15.5. The molecule has 0 spiro atoms. The first-order chi connectivity index (χ1) is 13.2. The van der Waals surface area contributed by atoms with Gasteiger partial charge in [0, 0.05) is 5.56 Å². The number of ether oxygens (including phenoxy) is 1. The molecule has 5 aromatic rings. The van der Waals surface area contributed by atoms with Crippen LogP contribution in [0.2, 0.25) is 0 Å². The maximum absolute atomic E-state index is 5.22. The fraction of sp³-hybridized carbons (Fsp3) is 0.100. The molecule has 0 aliphatic heterocycles. The summed E-state index contributed by atoms with van der Waals surface area (Å²) < 4.78 is 8.91. The topological polar surface area (TPSA) is 70.1 Å². The molecule has 0 N–H and O–H groups in total. The molecule has 3 heterocycles. The van der Waals surface area contributed by atoms with E-state index in [1.54, 1.807) is 19.6 Å². The van der Waals surface area contributed by atoms with Crippen molar-refractivity contribution in [2.75, 3.05) is 7.11 Å². The molecule has 27 heavy (non-hydrogen) atoms. The van der Waals surface area contributed by atoms with Crippen LogP contribution in [0.25, 0.3) is 33.8 Å². The summed E-state index contributed by atoms with van der Waals surface area (Å²) in [7, 11) is 1.65. The van der Waals surface area contributed by atoms with E-state index in [0.29, 0.717) is 0 Å². The Morgan fingerprint density at radius 1 is 0.889 bits per heavy atom. The van der Waals surface area contributed by atoms with Gasteiger partial charge in [0.2, 0.25) is 0 Å². The standard InChI is InChI=1S/C20H16N6O/c1-13-3-7-15(8-4-13)26-19-17(11-22-26)20-24-23-18(25(20)12-21-19)14-5-9-16(27-2)10-6-14/h3-12H,1-2H3. The number of benzene rings is 2. The third-order valence-electron chi connectivity index (χ3n) is 4.60. The molecule has 2 aromatic carbocycles. The van der Waals surface area contributed by atoms with Gasteiger partial charge in [-0.2, -0.15) is 5.10 Å². The van der Waals surface area contributed by atoms with E-state index in [1.807, 2.05) is 45.5 Å². The maximum atomic E-state index is 5.22. The fourth-order valence-corrected chi connectivity index (χ4v) is 3.13. The van der Waals surface area contributed by atoms with Gasteiger partial charge in [0.1, 0.15) is 12.1 Å². The summed E-state index contributed by atoms with van der Waals surface area (Å²) in [5.41, 5.74) is 4.58. The Morgan fingerprint density at radius 2 is 1.67 bits per heavy atom. The van der Waals surface area contributed by atoms with Crippen molar-refractivity contribution < 1.29 is 4.74 Å². The van der Waals surface area contributed by atoms with Gasteiger partial charge in [0.15, 0.2) is 17.1 Å². The lowest BCUT2D eigenvalue weighted by atomic mass is 10.2. The van der Waals surface area contributed by atoms with Crippen LogP contribution in [-0.2, 0) is 0 Å². The molecule has 5 rings (SSSR count). The van der Waals surface area contributed by atoms with E-state index in [2.05, 4.69) is 39.3 Å². The quantitative estimate of drug-likeness (QED) is 0.495. The predicted molar refractivity (Wildman–Crippen MR) is 102 cm³/mol. The van der Waals surface area contributed by atoms with Crippen LogP contribution >= 0.6 is 0 Å². The van der Waals surface area contributed by atoms with Crippen LogP contribution < -0.4 is 4.74 Å². The predicted octanol–water partition coefficient (Wildman–Crippen LogP) is 3.45. The summed E-state index contributed by atoms with van der Waals surface area (Å²) in [6.07, 6.45) is 3.52. The van der Waals surface area contributed by atoms with Crippen LogP contribution in [0.15, 0.2) is 61.1 Å². The Bertz CT molecular complexity index is 1250. The van der Waals surface area contributed by atoms with Gasteiger partial charge in [0.25, 0.3) is 0 Å². The molecule has 0 amide bonds. The molecule has 3 aromatic heterocycles. The van der Waals surface area contributed by atoms with Gasteiger partial charge in [-0.1, -0.05) is 17.7 Å². The van der Waals surface area contributed by atoms with Crippen LogP contribution in [0.5, 0.6) is 5.75 Å². The van der Waals surface area contributed by atoms with Crippen molar-refractivity contribution in [1.29, 1.82) is 0 Å². The summed E-state index contributed by atoms with van der Waals surface area (Å²) in [5.74, 6) is 1.53. The molecule has 0 aliphatic rings. The zero-order valence-corrected chi connectivity index (χ0v) is 14.9. The zero-order chi connectivity index (χ0) is 18.4. The van der Waals surface area contributed by atoms with Crippen molar-refractivity contribution in [2.45, 2.75) is 6.92 Å². The second kappa shape index (κ2) is 5.91. The Morgan fingerprint density at radius 3 is 2.41 bits per heavy atom. The summed E-state index contributed by atoms with van der Waals surface area (Å²) in [6.45, 7) is 2.06. The lowest BCUT2D eigenvalue weighted by Crippen LogP contribution is -1.99. The normalized spacial score (nSPS) is 11.3. The summed E-state index contributed by atoms with van der Waals surface area (Å²) in [5, 5.41) is 14.1. The number of aryl methyl sites for hydroxylation is 1. The fourth-order valence-electron chi connectivity index (χ4n) is 3.13. The SMILES string of the molecule is COc1ccc(-c2nnc3c4cnn(-c5ccc(C)cc5)c4ncn23)cc1. The highest BCUT2D eigenvalue weighted by atomic mass is 16.5. The van der Waals surface area contributed by atoms with Gasteiger partial charge >= 0.3 is 0 Å². The highest BCUT2D eigenvalue weighted by molar-refractivity contribution is 5.90.